The van der Waals surface area contributed by atoms with Crippen LogP contribution < -0.4 is 5.32 Å². The van der Waals surface area contributed by atoms with E-state index in [1.807, 2.05) is 0 Å². The number of halogens is 1. The van der Waals surface area contributed by atoms with Gasteiger partial charge in [0, 0.05) is 17.6 Å². The van der Waals surface area contributed by atoms with E-state index in [0.29, 0.717) is 23.9 Å². The van der Waals surface area contributed by atoms with Crippen LogP contribution in [-0.4, -0.2) is 46.7 Å². The first-order valence-corrected chi connectivity index (χ1v) is 9.18. The minimum atomic E-state index is -1.12. The van der Waals surface area contributed by atoms with Crippen LogP contribution >= 0.6 is 15.9 Å². The van der Waals surface area contributed by atoms with Gasteiger partial charge in [-0.3, -0.25) is 4.79 Å². The number of benzene rings is 1. The van der Waals surface area contributed by atoms with Crippen molar-refractivity contribution in [3.05, 3.63) is 28.2 Å². The lowest BCUT2D eigenvalue weighted by molar-refractivity contribution is -0.121. The molecule has 2 N–H and O–H groups in total. The molecule has 142 valence electrons. The number of hydrogen-bond acceptors (Lipinski definition) is 4. The molecule has 2 amide bonds. The standard InChI is InChI=1S/C18H23BrN2O5/c1-18(2,3)26-17(25)21-8-4-5-11(10-21)15(22)20-14-7-6-12(19)9-13(14)16(23)24/h6-7,9,11H,4-5,8,10H2,1-3H3,(H,20,22)(H,23,24). The summed E-state index contributed by atoms with van der Waals surface area (Å²) in [5.41, 5.74) is -0.354. The molecular weight excluding hydrogens is 404 g/mol. The Balaban J connectivity index is 2.06. The molecule has 26 heavy (non-hydrogen) atoms. The van der Waals surface area contributed by atoms with Gasteiger partial charge in [0.25, 0.3) is 0 Å². The highest BCUT2D eigenvalue weighted by Crippen LogP contribution is 2.24. The molecule has 1 saturated heterocycles. The second-order valence-electron chi connectivity index (χ2n) is 7.25. The van der Waals surface area contributed by atoms with Gasteiger partial charge in [0.1, 0.15) is 5.60 Å². The maximum Gasteiger partial charge on any atom is 0.410 e. The fraction of sp³-hybridized carbons (Fsp3) is 0.500. The molecule has 1 fully saturated rings. The van der Waals surface area contributed by atoms with Crippen LogP contribution in [0.15, 0.2) is 22.7 Å². The van der Waals surface area contributed by atoms with Crippen LogP contribution in [0.1, 0.15) is 44.0 Å². The van der Waals surface area contributed by atoms with Crippen LogP contribution in [0.2, 0.25) is 0 Å². The number of hydrogen-bond donors (Lipinski definition) is 2. The first kappa shape index (κ1) is 20.2. The lowest BCUT2D eigenvalue weighted by atomic mass is 9.97. The van der Waals surface area contributed by atoms with Crippen LogP contribution in [0.4, 0.5) is 10.5 Å². The molecule has 1 aromatic carbocycles. The summed E-state index contributed by atoms with van der Waals surface area (Å²) in [6.45, 7) is 6.16. The van der Waals surface area contributed by atoms with Gasteiger partial charge in [0.2, 0.25) is 5.91 Å². The third kappa shape index (κ3) is 5.45. The summed E-state index contributed by atoms with van der Waals surface area (Å²) in [4.78, 5) is 37.7. The van der Waals surface area contributed by atoms with Crippen molar-refractivity contribution in [3.8, 4) is 0 Å². The Morgan fingerprint density at radius 2 is 2.00 bits per heavy atom. The zero-order valence-electron chi connectivity index (χ0n) is 15.0. The van der Waals surface area contributed by atoms with Crippen molar-refractivity contribution < 1.29 is 24.2 Å². The van der Waals surface area contributed by atoms with Crippen molar-refractivity contribution in [2.45, 2.75) is 39.2 Å². The third-order valence-electron chi connectivity index (χ3n) is 3.91. The molecule has 7 nitrogen and oxygen atoms in total. The van der Waals surface area contributed by atoms with Crippen LogP contribution in [-0.2, 0) is 9.53 Å². The number of piperidine rings is 1. The largest absolute Gasteiger partial charge is 0.478 e. The van der Waals surface area contributed by atoms with Gasteiger partial charge < -0.3 is 20.1 Å². The number of ether oxygens (including phenoxy) is 1. The monoisotopic (exact) mass is 426 g/mol. The molecule has 0 aliphatic carbocycles. The van der Waals surface area contributed by atoms with E-state index < -0.39 is 23.6 Å². The number of carbonyl (C=O) groups excluding carboxylic acids is 2. The van der Waals surface area contributed by atoms with E-state index in [-0.39, 0.29) is 23.7 Å². The van der Waals surface area contributed by atoms with Gasteiger partial charge in [0.05, 0.1) is 17.2 Å². The molecule has 1 aromatic rings. The summed E-state index contributed by atoms with van der Waals surface area (Å²) >= 11 is 3.22. The van der Waals surface area contributed by atoms with Crippen LogP contribution in [0, 0.1) is 5.92 Å². The minimum Gasteiger partial charge on any atom is -0.478 e. The number of carboxylic acid groups (broad SMARTS) is 1. The van der Waals surface area contributed by atoms with Crippen molar-refractivity contribution in [2.24, 2.45) is 5.92 Å². The maximum absolute atomic E-state index is 12.6. The molecule has 0 radical (unpaired) electrons. The van der Waals surface area contributed by atoms with E-state index in [1.165, 1.54) is 11.0 Å². The lowest BCUT2D eigenvalue weighted by Crippen LogP contribution is -2.45. The first-order valence-electron chi connectivity index (χ1n) is 8.38. The number of likely N-dealkylation sites (tertiary alicyclic amines) is 1. The van der Waals surface area contributed by atoms with Gasteiger partial charge in [0.15, 0.2) is 0 Å². The summed E-state index contributed by atoms with van der Waals surface area (Å²) in [7, 11) is 0. The number of aromatic carboxylic acids is 1. The lowest BCUT2D eigenvalue weighted by Gasteiger charge is -2.33. The van der Waals surface area contributed by atoms with Gasteiger partial charge in [-0.25, -0.2) is 9.59 Å². The molecule has 1 heterocycles. The minimum absolute atomic E-state index is 0.00697. The number of amides is 2. The molecule has 0 spiro atoms. The average molecular weight is 427 g/mol. The van der Waals surface area contributed by atoms with Crippen molar-refractivity contribution in [1.29, 1.82) is 0 Å². The molecule has 2 rings (SSSR count). The SMILES string of the molecule is CC(C)(C)OC(=O)N1CCCC(C(=O)Nc2ccc(Br)cc2C(=O)O)C1. The van der Waals surface area contributed by atoms with E-state index in [0.717, 1.165) is 0 Å². The second kappa shape index (κ2) is 8.07. The third-order valence-corrected chi connectivity index (χ3v) is 4.41. The summed E-state index contributed by atoms with van der Waals surface area (Å²) in [6, 6.07) is 4.64. The highest BCUT2D eigenvalue weighted by atomic mass is 79.9. The Morgan fingerprint density at radius 1 is 1.31 bits per heavy atom. The number of carboxylic acids is 1. The molecule has 0 saturated carbocycles. The fourth-order valence-electron chi connectivity index (χ4n) is 2.72. The summed E-state index contributed by atoms with van der Waals surface area (Å²) in [6.07, 6.45) is 0.873. The van der Waals surface area contributed by atoms with E-state index in [1.54, 1.807) is 32.9 Å². The Kier molecular flexibility index (Phi) is 6.28. The molecule has 0 bridgehead atoms. The predicted octanol–water partition coefficient (Wildman–Crippen LogP) is 3.73. The Morgan fingerprint density at radius 3 is 2.62 bits per heavy atom. The normalized spacial score (nSPS) is 17.5. The topological polar surface area (TPSA) is 95.9 Å². The fourth-order valence-corrected chi connectivity index (χ4v) is 3.08. The van der Waals surface area contributed by atoms with E-state index >= 15 is 0 Å². The molecule has 1 aliphatic rings. The first-order chi connectivity index (χ1) is 12.1. The Bertz CT molecular complexity index is 714. The van der Waals surface area contributed by atoms with Gasteiger partial charge in [-0.2, -0.15) is 0 Å². The van der Waals surface area contributed by atoms with Gasteiger partial charge in [-0.05, 0) is 51.8 Å². The molecule has 8 heteroatoms. The zero-order valence-corrected chi connectivity index (χ0v) is 16.6. The molecule has 1 aliphatic heterocycles. The predicted molar refractivity (Wildman–Crippen MR) is 100 cm³/mol. The summed E-state index contributed by atoms with van der Waals surface area (Å²) in [5, 5.41) is 12.0. The Labute approximate surface area is 160 Å². The van der Waals surface area contributed by atoms with Gasteiger partial charge >= 0.3 is 12.1 Å². The van der Waals surface area contributed by atoms with Crippen molar-refractivity contribution in [2.75, 3.05) is 18.4 Å². The number of carbonyl (C=O) groups is 3. The van der Waals surface area contributed by atoms with Crippen LogP contribution in [0.3, 0.4) is 0 Å². The Hall–Kier alpha value is -2.09. The highest BCUT2D eigenvalue weighted by Gasteiger charge is 2.31. The second-order valence-corrected chi connectivity index (χ2v) is 8.17. The summed E-state index contributed by atoms with van der Waals surface area (Å²) in [5.74, 6) is -1.84. The van der Waals surface area contributed by atoms with Crippen LogP contribution in [0.25, 0.3) is 0 Å². The molecule has 1 unspecified atom stereocenters. The van der Waals surface area contributed by atoms with E-state index in [4.69, 9.17) is 4.74 Å². The van der Waals surface area contributed by atoms with Crippen molar-refractivity contribution >= 4 is 39.6 Å². The average Bonchev–Trinajstić information content (AvgIpc) is 2.54. The van der Waals surface area contributed by atoms with E-state index in [2.05, 4.69) is 21.2 Å². The zero-order chi connectivity index (χ0) is 19.5. The number of nitrogens with one attached hydrogen (secondary N) is 1. The van der Waals surface area contributed by atoms with Gasteiger partial charge in [-0.15, -0.1) is 0 Å². The maximum atomic E-state index is 12.6. The van der Waals surface area contributed by atoms with Crippen molar-refractivity contribution in [3.63, 3.8) is 0 Å². The number of rotatable bonds is 3. The van der Waals surface area contributed by atoms with Crippen molar-refractivity contribution in [1.82, 2.24) is 4.90 Å². The molecular formula is C18H23BrN2O5. The highest BCUT2D eigenvalue weighted by molar-refractivity contribution is 9.10. The number of anilines is 1. The smallest absolute Gasteiger partial charge is 0.410 e. The number of nitrogens with zero attached hydrogens (tertiary/aromatic N) is 1. The summed E-state index contributed by atoms with van der Waals surface area (Å²) < 4.78 is 5.97. The molecule has 1 atom stereocenters. The van der Waals surface area contributed by atoms with E-state index in [9.17, 15) is 19.5 Å². The quantitative estimate of drug-likeness (QED) is 0.767. The van der Waals surface area contributed by atoms with Crippen LogP contribution in [0.5, 0.6) is 0 Å². The molecule has 0 aromatic heterocycles. The van der Waals surface area contributed by atoms with Gasteiger partial charge in [-0.1, -0.05) is 15.9 Å².